The van der Waals surface area contributed by atoms with Crippen LogP contribution in [-0.2, 0) is 19.5 Å². The number of rotatable bonds is 27. The van der Waals surface area contributed by atoms with Gasteiger partial charge in [-0.15, -0.1) is 0 Å². The molecule has 0 spiro atoms. The summed E-state index contributed by atoms with van der Waals surface area (Å²) in [6.07, 6.45) is 38.5. The Labute approximate surface area is 244 Å². The molecule has 2 aromatic rings. The second-order valence-corrected chi connectivity index (χ2v) is 12.2. The van der Waals surface area contributed by atoms with E-state index < -0.39 is 0 Å². The highest BCUT2D eigenvalue weighted by molar-refractivity contribution is 5.15. The number of hydrogen-bond acceptors (Lipinski definition) is 0. The van der Waals surface area contributed by atoms with Gasteiger partial charge in [-0.1, -0.05) is 173 Å². The molecule has 2 nitrogen and oxygen atoms in total. The van der Waals surface area contributed by atoms with Gasteiger partial charge in [0.05, 0.1) is 6.54 Å². The molecule has 0 saturated heterocycles. The summed E-state index contributed by atoms with van der Waals surface area (Å²) < 4.78 is 5.10. The fraction of sp³-hybridized carbons (Fsp3) is 0.757. The number of aromatic nitrogens is 2. The molecule has 1 aromatic heterocycles. The summed E-state index contributed by atoms with van der Waals surface area (Å²) in [7, 11) is 0. The highest BCUT2D eigenvalue weighted by Crippen LogP contribution is 2.15. The molecule has 0 bridgehead atoms. The lowest BCUT2D eigenvalue weighted by atomic mass is 10.0. The Kier molecular flexibility index (Phi) is 20.9. The SMILES string of the molecule is CCCCCCCCCCCCCCCC[n+]1ccn(Cc2ccccc2)c1CCCCCCCCCCC. The zero-order valence-corrected chi connectivity index (χ0v) is 26.3. The van der Waals surface area contributed by atoms with Crippen molar-refractivity contribution in [1.82, 2.24) is 4.57 Å². The Balaban J connectivity index is 1.63. The standard InChI is InChI=1S/C37H65N2/c1-3-5-7-9-11-13-14-15-16-17-19-21-23-28-32-38-33-34-39(35-36-29-25-24-26-30-36)37(38)31-27-22-20-18-12-10-8-6-4-2/h24-26,29-30,33-34H,3-23,27-28,31-32,35H2,1-2H3/q+1. The minimum Gasteiger partial charge on any atom is -0.234 e. The average molecular weight is 538 g/mol. The highest BCUT2D eigenvalue weighted by Gasteiger charge is 2.17. The summed E-state index contributed by atoms with van der Waals surface area (Å²) in [5, 5.41) is 0. The quantitative estimate of drug-likeness (QED) is 0.0791. The Hall–Kier alpha value is -1.57. The van der Waals surface area contributed by atoms with Crippen LogP contribution in [0, 0.1) is 0 Å². The summed E-state index contributed by atoms with van der Waals surface area (Å²) in [6, 6.07) is 11.0. The first-order valence-electron chi connectivity index (χ1n) is 17.5. The van der Waals surface area contributed by atoms with Crippen LogP contribution in [-0.4, -0.2) is 4.57 Å². The summed E-state index contributed by atoms with van der Waals surface area (Å²) in [6.45, 7) is 6.80. The Morgan fingerprint density at radius 3 is 1.44 bits per heavy atom. The van der Waals surface area contributed by atoms with Crippen LogP contribution >= 0.6 is 0 Å². The van der Waals surface area contributed by atoms with Gasteiger partial charge in [-0.3, -0.25) is 0 Å². The lowest BCUT2D eigenvalue weighted by molar-refractivity contribution is -0.704. The molecule has 0 aliphatic heterocycles. The fourth-order valence-corrected chi connectivity index (χ4v) is 5.98. The van der Waals surface area contributed by atoms with Crippen molar-refractivity contribution in [3.05, 3.63) is 54.1 Å². The summed E-state index contributed by atoms with van der Waals surface area (Å²) in [5.41, 5.74) is 1.41. The first-order valence-corrected chi connectivity index (χ1v) is 17.5. The summed E-state index contributed by atoms with van der Waals surface area (Å²) in [4.78, 5) is 0. The van der Waals surface area contributed by atoms with Gasteiger partial charge >= 0.3 is 0 Å². The van der Waals surface area contributed by atoms with E-state index in [9.17, 15) is 0 Å². The van der Waals surface area contributed by atoms with Gasteiger partial charge in [0.2, 0.25) is 0 Å². The number of nitrogens with zero attached hydrogens (tertiary/aromatic N) is 2. The second-order valence-electron chi connectivity index (χ2n) is 12.2. The van der Waals surface area contributed by atoms with E-state index in [-0.39, 0.29) is 0 Å². The van der Waals surface area contributed by atoms with Crippen LogP contribution in [0.3, 0.4) is 0 Å². The van der Waals surface area contributed by atoms with Crippen molar-refractivity contribution in [2.75, 3.05) is 0 Å². The molecule has 0 saturated carbocycles. The maximum atomic E-state index is 2.58. The van der Waals surface area contributed by atoms with Crippen molar-refractivity contribution >= 4 is 0 Å². The van der Waals surface area contributed by atoms with Crippen molar-refractivity contribution in [1.29, 1.82) is 0 Å². The molecule has 0 N–H and O–H groups in total. The molecule has 0 aliphatic carbocycles. The third-order valence-corrected chi connectivity index (χ3v) is 8.54. The van der Waals surface area contributed by atoms with Gasteiger partial charge in [0.25, 0.3) is 5.82 Å². The van der Waals surface area contributed by atoms with Gasteiger partial charge < -0.3 is 0 Å². The molecule has 0 atom stereocenters. The molecule has 2 rings (SSSR count). The molecule has 0 amide bonds. The highest BCUT2D eigenvalue weighted by atomic mass is 15.1. The largest absolute Gasteiger partial charge is 0.256 e. The van der Waals surface area contributed by atoms with Crippen LogP contribution in [0.15, 0.2) is 42.7 Å². The van der Waals surface area contributed by atoms with Gasteiger partial charge in [-0.25, -0.2) is 9.13 Å². The lowest BCUT2D eigenvalue weighted by Gasteiger charge is -2.07. The third kappa shape index (κ3) is 17.0. The van der Waals surface area contributed by atoms with Crippen LogP contribution in [0.5, 0.6) is 0 Å². The lowest BCUT2D eigenvalue weighted by Crippen LogP contribution is -2.37. The number of unbranched alkanes of at least 4 members (excludes halogenated alkanes) is 21. The molecule has 0 unspecified atom stereocenters. The zero-order chi connectivity index (χ0) is 27.6. The Morgan fingerprint density at radius 2 is 0.949 bits per heavy atom. The van der Waals surface area contributed by atoms with Crippen LogP contribution in [0.4, 0.5) is 0 Å². The van der Waals surface area contributed by atoms with Crippen molar-refractivity contribution < 1.29 is 4.57 Å². The molecule has 0 fully saturated rings. The topological polar surface area (TPSA) is 8.81 Å². The predicted molar refractivity (Wildman–Crippen MR) is 171 cm³/mol. The fourth-order valence-electron chi connectivity index (χ4n) is 5.98. The minimum atomic E-state index is 0.999. The zero-order valence-electron chi connectivity index (χ0n) is 26.3. The predicted octanol–water partition coefficient (Wildman–Crippen LogP) is 11.4. The second kappa shape index (κ2) is 24.2. The minimum absolute atomic E-state index is 0.999. The smallest absolute Gasteiger partial charge is 0.234 e. The molecule has 222 valence electrons. The average Bonchev–Trinajstić information content (AvgIpc) is 3.33. The molecule has 2 heteroatoms. The van der Waals surface area contributed by atoms with E-state index in [4.69, 9.17) is 0 Å². The molecule has 39 heavy (non-hydrogen) atoms. The normalized spacial score (nSPS) is 11.4. The van der Waals surface area contributed by atoms with Gasteiger partial charge in [0.15, 0.2) is 0 Å². The van der Waals surface area contributed by atoms with E-state index in [0.717, 1.165) is 6.54 Å². The molecular weight excluding hydrogens is 472 g/mol. The molecule has 1 aromatic carbocycles. The molecule has 0 radical (unpaired) electrons. The van der Waals surface area contributed by atoms with Gasteiger partial charge in [-0.2, -0.15) is 0 Å². The van der Waals surface area contributed by atoms with Crippen LogP contribution in [0.2, 0.25) is 0 Å². The van der Waals surface area contributed by atoms with E-state index in [1.807, 2.05) is 0 Å². The Bertz CT molecular complexity index is 778. The van der Waals surface area contributed by atoms with Crippen LogP contribution in [0.1, 0.15) is 173 Å². The van der Waals surface area contributed by atoms with Crippen LogP contribution in [0.25, 0.3) is 0 Å². The van der Waals surface area contributed by atoms with E-state index in [2.05, 4.69) is 65.7 Å². The summed E-state index contributed by atoms with van der Waals surface area (Å²) in [5.74, 6) is 1.54. The van der Waals surface area contributed by atoms with Crippen molar-refractivity contribution in [3.8, 4) is 0 Å². The third-order valence-electron chi connectivity index (χ3n) is 8.54. The first-order chi connectivity index (χ1) is 19.3. The van der Waals surface area contributed by atoms with Crippen molar-refractivity contribution in [3.63, 3.8) is 0 Å². The van der Waals surface area contributed by atoms with Gasteiger partial charge in [0.1, 0.15) is 18.9 Å². The van der Waals surface area contributed by atoms with Gasteiger partial charge in [-0.05, 0) is 24.8 Å². The Morgan fingerprint density at radius 1 is 0.513 bits per heavy atom. The van der Waals surface area contributed by atoms with Crippen molar-refractivity contribution in [2.24, 2.45) is 0 Å². The number of aryl methyl sites for hydroxylation is 1. The molecule has 0 aliphatic rings. The van der Waals surface area contributed by atoms with Gasteiger partial charge in [0, 0.05) is 6.42 Å². The van der Waals surface area contributed by atoms with E-state index >= 15 is 0 Å². The monoisotopic (exact) mass is 538 g/mol. The van der Waals surface area contributed by atoms with E-state index in [1.54, 1.807) is 0 Å². The van der Waals surface area contributed by atoms with Crippen molar-refractivity contribution in [2.45, 2.75) is 181 Å². The summed E-state index contributed by atoms with van der Waals surface area (Å²) >= 11 is 0. The number of hydrogen-bond donors (Lipinski definition) is 0. The van der Waals surface area contributed by atoms with Crippen LogP contribution < -0.4 is 4.57 Å². The number of imidazole rings is 1. The first kappa shape index (κ1) is 33.6. The number of benzene rings is 1. The molecular formula is C37H65N2+. The molecule has 1 heterocycles. The maximum absolute atomic E-state index is 2.58. The van der Waals surface area contributed by atoms with E-state index in [1.165, 1.54) is 172 Å². The maximum Gasteiger partial charge on any atom is 0.256 e. The van der Waals surface area contributed by atoms with E-state index in [0.29, 0.717) is 0 Å².